The molecular formula is C21H24N2OS. The van der Waals surface area contributed by atoms with E-state index in [9.17, 15) is 4.79 Å². The zero-order valence-corrected chi connectivity index (χ0v) is 16.0. The molecule has 0 radical (unpaired) electrons. The molecule has 4 heteroatoms. The highest BCUT2D eigenvalue weighted by Gasteiger charge is 2.16. The zero-order valence-electron chi connectivity index (χ0n) is 15.2. The molecule has 130 valence electrons. The molecule has 2 rings (SSSR count). The number of para-hydroxylation sites is 1. The van der Waals surface area contributed by atoms with Crippen LogP contribution in [-0.4, -0.2) is 11.7 Å². The minimum Gasteiger partial charge on any atom is -0.325 e. The smallest absolute Gasteiger partial charge is 0.234 e. The second-order valence-electron chi connectivity index (χ2n) is 6.59. The molecule has 25 heavy (non-hydrogen) atoms. The number of nitriles is 1. The molecule has 0 saturated heterocycles. The standard InChI is InChI=1S/C21H24N2OS/c1-14(2)18-6-5-7-19(15(3)4)21(18)23-20(24)13-25-17-10-8-16(12-22)9-11-17/h5-11,14-15H,13H2,1-4H3,(H,23,24). The van der Waals surface area contributed by atoms with Gasteiger partial charge in [0.05, 0.1) is 17.4 Å². The van der Waals surface area contributed by atoms with Gasteiger partial charge in [-0.05, 0) is 47.2 Å². The molecule has 0 aliphatic rings. The summed E-state index contributed by atoms with van der Waals surface area (Å²) in [6, 6.07) is 15.6. The van der Waals surface area contributed by atoms with E-state index in [2.05, 4.69) is 57.3 Å². The highest BCUT2D eigenvalue weighted by Crippen LogP contribution is 2.32. The summed E-state index contributed by atoms with van der Waals surface area (Å²) in [4.78, 5) is 13.5. The van der Waals surface area contributed by atoms with E-state index in [0.717, 1.165) is 10.6 Å². The van der Waals surface area contributed by atoms with Crippen molar-refractivity contribution in [3.05, 3.63) is 59.2 Å². The topological polar surface area (TPSA) is 52.9 Å². The highest BCUT2D eigenvalue weighted by atomic mass is 32.2. The molecule has 0 aliphatic carbocycles. The summed E-state index contributed by atoms with van der Waals surface area (Å²) in [7, 11) is 0. The minimum absolute atomic E-state index is 0.00985. The van der Waals surface area contributed by atoms with Crippen LogP contribution >= 0.6 is 11.8 Å². The summed E-state index contributed by atoms with van der Waals surface area (Å²) in [5.74, 6) is 1.03. The fraction of sp³-hybridized carbons (Fsp3) is 0.333. The Balaban J connectivity index is 2.10. The molecule has 0 heterocycles. The molecule has 0 spiro atoms. The van der Waals surface area contributed by atoms with E-state index in [4.69, 9.17) is 5.26 Å². The van der Waals surface area contributed by atoms with E-state index < -0.39 is 0 Å². The van der Waals surface area contributed by atoms with Crippen LogP contribution < -0.4 is 5.32 Å². The van der Waals surface area contributed by atoms with Crippen molar-refractivity contribution in [3.8, 4) is 6.07 Å². The second kappa shape index (κ2) is 8.73. The number of hydrogen-bond acceptors (Lipinski definition) is 3. The van der Waals surface area contributed by atoms with E-state index in [1.165, 1.54) is 22.9 Å². The largest absolute Gasteiger partial charge is 0.325 e. The summed E-state index contributed by atoms with van der Waals surface area (Å²) in [6.07, 6.45) is 0. The zero-order chi connectivity index (χ0) is 18.4. The number of hydrogen-bond donors (Lipinski definition) is 1. The van der Waals surface area contributed by atoms with Gasteiger partial charge in [-0.3, -0.25) is 4.79 Å². The summed E-state index contributed by atoms with van der Waals surface area (Å²) >= 11 is 1.47. The molecule has 3 nitrogen and oxygen atoms in total. The van der Waals surface area contributed by atoms with E-state index >= 15 is 0 Å². The predicted octanol–water partition coefficient (Wildman–Crippen LogP) is 5.54. The van der Waals surface area contributed by atoms with E-state index in [1.807, 2.05) is 12.1 Å². The average Bonchev–Trinajstić information content (AvgIpc) is 2.60. The summed E-state index contributed by atoms with van der Waals surface area (Å²) < 4.78 is 0. The number of nitrogens with one attached hydrogen (secondary N) is 1. The Hall–Kier alpha value is -2.25. The number of carbonyl (C=O) groups is 1. The van der Waals surface area contributed by atoms with Gasteiger partial charge in [0.1, 0.15) is 0 Å². The lowest BCUT2D eigenvalue weighted by Crippen LogP contribution is -2.17. The SMILES string of the molecule is CC(C)c1cccc(C(C)C)c1NC(=O)CSc1ccc(C#N)cc1. The van der Waals surface area contributed by atoms with E-state index in [1.54, 1.807) is 12.1 Å². The molecule has 0 aliphatic heterocycles. The number of benzene rings is 2. The lowest BCUT2D eigenvalue weighted by Gasteiger charge is -2.20. The Kier molecular flexibility index (Phi) is 6.66. The third-order valence-electron chi connectivity index (χ3n) is 3.99. The summed E-state index contributed by atoms with van der Waals surface area (Å²) in [5.41, 5.74) is 3.92. The van der Waals surface area contributed by atoms with Crippen molar-refractivity contribution in [1.82, 2.24) is 0 Å². The van der Waals surface area contributed by atoms with Crippen LogP contribution in [0, 0.1) is 11.3 Å². The third-order valence-corrected chi connectivity index (χ3v) is 5.00. The summed E-state index contributed by atoms with van der Waals surface area (Å²) in [6.45, 7) is 8.56. The molecule has 0 fully saturated rings. The molecule has 2 aromatic carbocycles. The van der Waals surface area contributed by atoms with Crippen LogP contribution in [0.3, 0.4) is 0 Å². The molecular weight excluding hydrogens is 328 g/mol. The first-order valence-corrected chi connectivity index (χ1v) is 9.46. The van der Waals surface area contributed by atoms with Gasteiger partial charge in [-0.15, -0.1) is 11.8 Å². The average molecular weight is 353 g/mol. The van der Waals surface area contributed by atoms with Crippen LogP contribution in [-0.2, 0) is 4.79 Å². The van der Waals surface area contributed by atoms with Gasteiger partial charge in [0.2, 0.25) is 5.91 Å². The number of thioether (sulfide) groups is 1. The maximum absolute atomic E-state index is 12.5. The van der Waals surface area contributed by atoms with E-state index in [-0.39, 0.29) is 5.91 Å². The van der Waals surface area contributed by atoms with Crippen molar-refractivity contribution >= 4 is 23.4 Å². The predicted molar refractivity (Wildman–Crippen MR) is 105 cm³/mol. The van der Waals surface area contributed by atoms with Crippen LogP contribution in [0.25, 0.3) is 0 Å². The lowest BCUT2D eigenvalue weighted by atomic mass is 9.92. The van der Waals surface area contributed by atoms with Crippen molar-refractivity contribution in [2.75, 3.05) is 11.1 Å². The maximum Gasteiger partial charge on any atom is 0.234 e. The van der Waals surface area contributed by atoms with Crippen LogP contribution in [0.1, 0.15) is 56.2 Å². The number of rotatable bonds is 6. The number of carbonyl (C=O) groups excluding carboxylic acids is 1. The van der Waals surface area contributed by atoms with Crippen LogP contribution in [0.5, 0.6) is 0 Å². The van der Waals surface area contributed by atoms with Gasteiger partial charge >= 0.3 is 0 Å². The van der Waals surface area contributed by atoms with Crippen LogP contribution in [0.2, 0.25) is 0 Å². The molecule has 1 amide bonds. The van der Waals surface area contributed by atoms with Gasteiger partial charge in [-0.1, -0.05) is 45.9 Å². The molecule has 0 saturated carbocycles. The molecule has 1 N–H and O–H groups in total. The highest BCUT2D eigenvalue weighted by molar-refractivity contribution is 8.00. The van der Waals surface area contributed by atoms with Gasteiger partial charge in [-0.25, -0.2) is 0 Å². The Bertz CT molecular complexity index is 747. The van der Waals surface area contributed by atoms with Crippen molar-refractivity contribution in [3.63, 3.8) is 0 Å². The number of nitrogens with zero attached hydrogens (tertiary/aromatic N) is 1. The maximum atomic E-state index is 12.5. The fourth-order valence-corrected chi connectivity index (χ4v) is 3.34. The fourth-order valence-electron chi connectivity index (χ4n) is 2.65. The first kappa shape index (κ1) is 19.1. The van der Waals surface area contributed by atoms with Crippen LogP contribution in [0.4, 0.5) is 5.69 Å². The number of amides is 1. The summed E-state index contributed by atoms with van der Waals surface area (Å²) in [5, 5.41) is 12.0. The molecule has 2 aromatic rings. The van der Waals surface area contributed by atoms with Gasteiger partial charge < -0.3 is 5.32 Å². The Morgan fingerprint density at radius 1 is 1.04 bits per heavy atom. The molecule has 0 bridgehead atoms. The van der Waals surface area contributed by atoms with Gasteiger partial charge in [0.25, 0.3) is 0 Å². The van der Waals surface area contributed by atoms with Gasteiger partial charge in [-0.2, -0.15) is 5.26 Å². The van der Waals surface area contributed by atoms with Gasteiger partial charge in [0.15, 0.2) is 0 Å². The third kappa shape index (κ3) is 5.11. The van der Waals surface area contributed by atoms with Gasteiger partial charge in [0, 0.05) is 10.6 Å². The van der Waals surface area contributed by atoms with Crippen molar-refractivity contribution in [1.29, 1.82) is 5.26 Å². The number of anilines is 1. The Morgan fingerprint density at radius 3 is 2.08 bits per heavy atom. The first-order valence-electron chi connectivity index (χ1n) is 8.48. The minimum atomic E-state index is -0.00985. The Morgan fingerprint density at radius 2 is 1.60 bits per heavy atom. The van der Waals surface area contributed by atoms with Crippen molar-refractivity contribution in [2.24, 2.45) is 0 Å². The monoisotopic (exact) mass is 352 g/mol. The van der Waals surface area contributed by atoms with Crippen LogP contribution in [0.15, 0.2) is 47.4 Å². The Labute approximate surface area is 154 Å². The molecule has 0 atom stereocenters. The quantitative estimate of drug-likeness (QED) is 0.695. The molecule has 0 aromatic heterocycles. The normalized spacial score (nSPS) is 10.8. The second-order valence-corrected chi connectivity index (χ2v) is 7.64. The van der Waals surface area contributed by atoms with E-state index in [0.29, 0.717) is 23.2 Å². The molecule has 0 unspecified atom stereocenters. The van der Waals surface area contributed by atoms with Crippen molar-refractivity contribution < 1.29 is 4.79 Å². The van der Waals surface area contributed by atoms with Crippen molar-refractivity contribution in [2.45, 2.75) is 44.4 Å². The first-order chi connectivity index (χ1) is 11.9. The lowest BCUT2D eigenvalue weighted by molar-refractivity contribution is -0.113.